The van der Waals surface area contributed by atoms with Crippen molar-refractivity contribution in [3.05, 3.63) is 23.8 Å². The van der Waals surface area contributed by atoms with E-state index in [1.807, 2.05) is 20.8 Å². The van der Waals surface area contributed by atoms with E-state index >= 15 is 0 Å². The Hall–Kier alpha value is -2.12. The van der Waals surface area contributed by atoms with Crippen LogP contribution in [0.1, 0.15) is 53.0 Å². The fraction of sp³-hybridized carbons (Fsp3) is 0.600. The van der Waals surface area contributed by atoms with Gasteiger partial charge in [-0.1, -0.05) is 33.8 Å². The van der Waals surface area contributed by atoms with E-state index in [9.17, 15) is 14.7 Å². The molecule has 1 aromatic rings. The molecule has 1 fully saturated rings. The summed E-state index contributed by atoms with van der Waals surface area (Å²) in [7, 11) is 0. The molecule has 0 radical (unpaired) electrons. The third-order valence-corrected chi connectivity index (χ3v) is 3.89. The van der Waals surface area contributed by atoms with Crippen molar-refractivity contribution in [1.82, 2.24) is 0 Å². The average Bonchev–Trinajstić information content (AvgIpc) is 2.65. The second-order valence-electron chi connectivity index (χ2n) is 6.20. The molecule has 1 saturated heterocycles. The van der Waals surface area contributed by atoms with Crippen LogP contribution in [0.5, 0.6) is 5.75 Å². The van der Waals surface area contributed by atoms with Crippen LogP contribution in [0, 0.1) is 5.92 Å². The highest BCUT2D eigenvalue weighted by atomic mass is 16.7. The van der Waals surface area contributed by atoms with Gasteiger partial charge < -0.3 is 24.6 Å². The Morgan fingerprint density at radius 1 is 1.33 bits per heavy atom. The highest BCUT2D eigenvalue weighted by Gasteiger charge is 2.29. The molecule has 1 heterocycles. The molecular formula is C20H31NO6. The van der Waals surface area contributed by atoms with E-state index in [4.69, 9.17) is 14.2 Å². The number of anilines is 1. The van der Waals surface area contributed by atoms with Gasteiger partial charge in [0.05, 0.1) is 18.4 Å². The first kappa shape index (κ1) is 22.9. The van der Waals surface area contributed by atoms with Crippen molar-refractivity contribution in [2.45, 2.75) is 66.5 Å². The number of hydrogen-bond acceptors (Lipinski definition) is 6. The Kier molecular flexibility index (Phi) is 9.82. The number of hydrogen-bond donors (Lipinski definition) is 2. The summed E-state index contributed by atoms with van der Waals surface area (Å²) < 4.78 is 16.5. The number of ether oxygens (including phenoxy) is 3. The van der Waals surface area contributed by atoms with Gasteiger partial charge in [0.1, 0.15) is 12.4 Å². The number of aliphatic hydroxyl groups is 1. The number of aliphatic hydroxyl groups excluding tert-OH is 1. The van der Waals surface area contributed by atoms with Crippen molar-refractivity contribution >= 4 is 17.6 Å². The summed E-state index contributed by atoms with van der Waals surface area (Å²) in [5.41, 5.74) is 1.24. The first-order valence-corrected chi connectivity index (χ1v) is 9.41. The summed E-state index contributed by atoms with van der Waals surface area (Å²) >= 11 is 0. The molecule has 7 heteroatoms. The van der Waals surface area contributed by atoms with Crippen LogP contribution in [-0.4, -0.2) is 36.0 Å². The van der Waals surface area contributed by atoms with Crippen LogP contribution in [0.4, 0.5) is 5.69 Å². The third kappa shape index (κ3) is 7.56. The lowest BCUT2D eigenvalue weighted by atomic mass is 10.0. The number of nitrogens with one attached hydrogen (secondary N) is 1. The second-order valence-corrected chi connectivity index (χ2v) is 6.20. The van der Waals surface area contributed by atoms with Crippen molar-refractivity contribution in [1.29, 1.82) is 0 Å². The van der Waals surface area contributed by atoms with Gasteiger partial charge >= 0.3 is 5.97 Å². The van der Waals surface area contributed by atoms with Gasteiger partial charge in [-0.15, -0.1) is 0 Å². The molecule has 0 spiro atoms. The van der Waals surface area contributed by atoms with E-state index in [1.165, 1.54) is 6.92 Å². The Morgan fingerprint density at radius 2 is 2.04 bits per heavy atom. The number of carbonyl (C=O) groups excluding carboxylic acids is 2. The van der Waals surface area contributed by atoms with Gasteiger partial charge in [0, 0.05) is 19.3 Å². The van der Waals surface area contributed by atoms with Crippen LogP contribution in [0.15, 0.2) is 18.2 Å². The molecule has 1 aromatic carbocycles. The molecule has 1 amide bonds. The molecule has 27 heavy (non-hydrogen) atoms. The van der Waals surface area contributed by atoms with E-state index < -0.39 is 12.4 Å². The number of esters is 1. The first-order valence-electron chi connectivity index (χ1n) is 9.41. The maximum absolute atomic E-state index is 11.8. The average molecular weight is 381 g/mol. The van der Waals surface area contributed by atoms with Gasteiger partial charge in [0.2, 0.25) is 12.2 Å². The molecule has 0 aromatic heterocycles. The van der Waals surface area contributed by atoms with Gasteiger partial charge in [-0.2, -0.15) is 0 Å². The molecular weight excluding hydrogens is 350 g/mol. The molecule has 2 N–H and O–H groups in total. The Balaban J connectivity index is 0.00000176. The first-order chi connectivity index (χ1) is 12.9. The molecule has 0 bridgehead atoms. The van der Waals surface area contributed by atoms with Gasteiger partial charge in [0.15, 0.2) is 0 Å². The monoisotopic (exact) mass is 381 g/mol. The van der Waals surface area contributed by atoms with Crippen molar-refractivity contribution < 1.29 is 28.9 Å². The molecule has 7 nitrogen and oxygen atoms in total. The van der Waals surface area contributed by atoms with Gasteiger partial charge in [-0.25, -0.2) is 0 Å². The van der Waals surface area contributed by atoms with Crippen LogP contribution in [0.3, 0.4) is 0 Å². The minimum absolute atomic E-state index is 0.0131. The molecule has 2 rings (SSSR count). The summed E-state index contributed by atoms with van der Waals surface area (Å²) in [5.74, 6) is -0.0363. The minimum Gasteiger partial charge on any atom is -0.462 e. The standard InChI is InChI=1S/C18H25NO6.C2H6/c1-4-17(22)19-15-8-13(9-23-12(3)20)5-6-16(15)25-18-11(2)7-14(21)10-24-18;1-2/h5-6,8,11,14,18,21H,4,7,9-10H2,1-3H3,(H,19,22);1-2H3. The molecule has 3 atom stereocenters. The number of carbonyl (C=O) groups is 2. The zero-order chi connectivity index (χ0) is 20.4. The zero-order valence-electron chi connectivity index (χ0n) is 16.8. The quantitative estimate of drug-likeness (QED) is 0.735. The highest BCUT2D eigenvalue weighted by Crippen LogP contribution is 2.31. The lowest BCUT2D eigenvalue weighted by molar-refractivity contribution is -0.169. The normalized spacial score (nSPS) is 21.5. The smallest absolute Gasteiger partial charge is 0.302 e. The maximum Gasteiger partial charge on any atom is 0.302 e. The fourth-order valence-corrected chi connectivity index (χ4v) is 2.54. The number of amides is 1. The van der Waals surface area contributed by atoms with Crippen molar-refractivity contribution in [2.24, 2.45) is 5.92 Å². The van der Waals surface area contributed by atoms with E-state index in [0.717, 1.165) is 5.56 Å². The van der Waals surface area contributed by atoms with Crippen LogP contribution in [-0.2, 0) is 25.7 Å². The van der Waals surface area contributed by atoms with Crippen LogP contribution in [0.2, 0.25) is 0 Å². The van der Waals surface area contributed by atoms with E-state index in [2.05, 4.69) is 5.32 Å². The van der Waals surface area contributed by atoms with Gasteiger partial charge in [-0.05, 0) is 24.1 Å². The molecule has 3 unspecified atom stereocenters. The predicted molar refractivity (Wildman–Crippen MR) is 102 cm³/mol. The fourth-order valence-electron chi connectivity index (χ4n) is 2.54. The van der Waals surface area contributed by atoms with Crippen LogP contribution >= 0.6 is 0 Å². The third-order valence-electron chi connectivity index (χ3n) is 3.89. The van der Waals surface area contributed by atoms with Crippen molar-refractivity contribution in [3.63, 3.8) is 0 Å². The Labute approximate surface area is 161 Å². The number of rotatable bonds is 6. The Morgan fingerprint density at radius 3 is 2.63 bits per heavy atom. The SMILES string of the molecule is CC.CCC(=O)Nc1cc(COC(C)=O)ccc1OC1OCC(O)CC1C. The highest BCUT2D eigenvalue weighted by molar-refractivity contribution is 5.92. The van der Waals surface area contributed by atoms with Crippen LogP contribution in [0.25, 0.3) is 0 Å². The molecule has 0 saturated carbocycles. The molecule has 1 aliphatic heterocycles. The summed E-state index contributed by atoms with van der Waals surface area (Å²) in [6, 6.07) is 5.20. The summed E-state index contributed by atoms with van der Waals surface area (Å²) in [6.45, 7) is 9.37. The van der Waals surface area contributed by atoms with Crippen molar-refractivity contribution in [3.8, 4) is 5.75 Å². The maximum atomic E-state index is 11.8. The van der Waals surface area contributed by atoms with E-state index in [0.29, 0.717) is 24.3 Å². The largest absolute Gasteiger partial charge is 0.462 e. The van der Waals surface area contributed by atoms with Crippen molar-refractivity contribution in [2.75, 3.05) is 11.9 Å². The molecule has 1 aliphatic rings. The summed E-state index contributed by atoms with van der Waals surface area (Å²) in [6.07, 6.45) is -0.0673. The predicted octanol–water partition coefficient (Wildman–Crippen LogP) is 3.25. The molecule has 152 valence electrons. The second kappa shape index (κ2) is 11.6. The van der Waals surface area contributed by atoms with Gasteiger partial charge in [-0.3, -0.25) is 9.59 Å². The topological polar surface area (TPSA) is 94.1 Å². The summed E-state index contributed by atoms with van der Waals surface area (Å²) in [4.78, 5) is 22.8. The molecule has 0 aliphatic carbocycles. The zero-order valence-corrected chi connectivity index (χ0v) is 16.8. The number of benzene rings is 1. The minimum atomic E-state index is -0.500. The Bertz CT molecular complexity index is 618. The van der Waals surface area contributed by atoms with Gasteiger partial charge in [0.25, 0.3) is 0 Å². The van der Waals surface area contributed by atoms with E-state index in [-0.39, 0.29) is 31.0 Å². The van der Waals surface area contributed by atoms with Crippen LogP contribution < -0.4 is 10.1 Å². The van der Waals surface area contributed by atoms with E-state index in [1.54, 1.807) is 25.1 Å². The lowest BCUT2D eigenvalue weighted by Crippen LogP contribution is -2.39. The summed E-state index contributed by atoms with van der Waals surface area (Å²) in [5, 5.41) is 12.4. The lowest BCUT2D eigenvalue weighted by Gasteiger charge is -2.32.